The summed E-state index contributed by atoms with van der Waals surface area (Å²) in [7, 11) is 0. The molecule has 0 aromatic heterocycles. The summed E-state index contributed by atoms with van der Waals surface area (Å²) in [6, 6.07) is 10.2. The topological polar surface area (TPSA) is 38.3 Å². The SMILES string of the molecule is O=C(Nc1cc(C(F)(F)F)ccc1Cl)C1COc2ccccc2C1. The van der Waals surface area contributed by atoms with Gasteiger partial charge in [0, 0.05) is 0 Å². The van der Waals surface area contributed by atoms with Gasteiger partial charge in [-0.3, -0.25) is 4.79 Å². The lowest BCUT2D eigenvalue weighted by Crippen LogP contribution is -2.32. The monoisotopic (exact) mass is 355 g/mol. The van der Waals surface area contributed by atoms with Gasteiger partial charge in [-0.1, -0.05) is 29.8 Å². The number of amides is 1. The average molecular weight is 356 g/mol. The van der Waals surface area contributed by atoms with Crippen molar-refractivity contribution in [3.8, 4) is 5.75 Å². The lowest BCUT2D eigenvalue weighted by atomic mass is 9.96. The van der Waals surface area contributed by atoms with Crippen LogP contribution in [0.1, 0.15) is 11.1 Å². The first kappa shape index (κ1) is 16.6. The van der Waals surface area contributed by atoms with E-state index in [9.17, 15) is 18.0 Å². The van der Waals surface area contributed by atoms with Gasteiger partial charge in [-0.15, -0.1) is 0 Å². The van der Waals surface area contributed by atoms with Crippen LogP contribution in [0.25, 0.3) is 0 Å². The number of hydrogen-bond donors (Lipinski definition) is 1. The van der Waals surface area contributed by atoms with Crippen LogP contribution in [0.2, 0.25) is 5.02 Å². The van der Waals surface area contributed by atoms with Crippen molar-refractivity contribution < 1.29 is 22.7 Å². The Labute approximate surface area is 141 Å². The minimum Gasteiger partial charge on any atom is -0.492 e. The zero-order valence-corrected chi connectivity index (χ0v) is 13.1. The zero-order chi connectivity index (χ0) is 17.3. The van der Waals surface area contributed by atoms with Crippen LogP contribution in [-0.4, -0.2) is 12.5 Å². The molecule has 1 amide bonds. The zero-order valence-electron chi connectivity index (χ0n) is 12.4. The molecule has 126 valence electrons. The number of rotatable bonds is 2. The number of ether oxygens (including phenoxy) is 1. The van der Waals surface area contributed by atoms with Crippen molar-refractivity contribution in [3.05, 3.63) is 58.6 Å². The molecule has 1 atom stereocenters. The Morgan fingerprint density at radius 1 is 1.21 bits per heavy atom. The molecule has 0 radical (unpaired) electrons. The quantitative estimate of drug-likeness (QED) is 0.858. The predicted octanol–water partition coefficient (Wildman–Crippen LogP) is 4.55. The van der Waals surface area contributed by atoms with Crippen LogP contribution in [0.5, 0.6) is 5.75 Å². The van der Waals surface area contributed by atoms with Gasteiger partial charge >= 0.3 is 6.18 Å². The molecule has 0 saturated carbocycles. The molecule has 0 spiro atoms. The summed E-state index contributed by atoms with van der Waals surface area (Å²) in [6.45, 7) is 0.166. The van der Waals surface area contributed by atoms with Crippen LogP contribution >= 0.6 is 11.6 Å². The van der Waals surface area contributed by atoms with Crippen LogP contribution in [-0.2, 0) is 17.4 Å². The van der Waals surface area contributed by atoms with Crippen molar-refractivity contribution in [3.63, 3.8) is 0 Å². The minimum absolute atomic E-state index is 0.0495. The van der Waals surface area contributed by atoms with E-state index in [1.54, 1.807) is 0 Å². The number of carbonyl (C=O) groups is 1. The predicted molar refractivity (Wildman–Crippen MR) is 84.2 cm³/mol. The molecule has 1 heterocycles. The first-order valence-corrected chi connectivity index (χ1v) is 7.60. The number of halogens is 4. The van der Waals surface area contributed by atoms with Gasteiger partial charge in [0.15, 0.2) is 0 Å². The average Bonchev–Trinajstić information content (AvgIpc) is 2.55. The number of nitrogens with one attached hydrogen (secondary N) is 1. The molecule has 7 heteroatoms. The molecule has 0 saturated heterocycles. The van der Waals surface area contributed by atoms with Crippen LogP contribution in [0.15, 0.2) is 42.5 Å². The first-order chi connectivity index (χ1) is 11.3. The van der Waals surface area contributed by atoms with Gasteiger partial charge in [0.2, 0.25) is 5.91 Å². The highest BCUT2D eigenvalue weighted by Crippen LogP contribution is 2.34. The normalized spacial score (nSPS) is 16.9. The molecular formula is C17H13ClF3NO2. The molecular weight excluding hydrogens is 343 g/mol. The summed E-state index contributed by atoms with van der Waals surface area (Å²) in [5, 5.41) is 2.52. The van der Waals surface area contributed by atoms with Gasteiger partial charge < -0.3 is 10.1 Å². The molecule has 3 rings (SSSR count). The molecule has 3 nitrogen and oxygen atoms in total. The summed E-state index contributed by atoms with van der Waals surface area (Å²) in [6.07, 6.45) is -4.05. The molecule has 24 heavy (non-hydrogen) atoms. The van der Waals surface area contributed by atoms with Crippen molar-refractivity contribution in [2.45, 2.75) is 12.6 Å². The number of carbonyl (C=O) groups excluding carboxylic acids is 1. The fourth-order valence-corrected chi connectivity index (χ4v) is 2.69. The number of anilines is 1. The van der Waals surface area contributed by atoms with E-state index in [-0.39, 0.29) is 17.3 Å². The molecule has 0 fully saturated rings. The standard InChI is InChI=1S/C17H13ClF3NO2/c18-13-6-5-12(17(19,20)21)8-14(13)22-16(23)11-7-10-3-1-2-4-15(10)24-9-11/h1-6,8,11H,7,9H2,(H,22,23). The van der Waals surface area contributed by atoms with Crippen LogP contribution in [0.4, 0.5) is 18.9 Å². The molecule has 2 aromatic rings. The summed E-state index contributed by atoms with van der Waals surface area (Å²) in [4.78, 5) is 12.4. The molecule has 1 unspecified atom stereocenters. The maximum absolute atomic E-state index is 12.8. The van der Waals surface area contributed by atoms with Gasteiger partial charge in [-0.2, -0.15) is 13.2 Å². The number of alkyl halides is 3. The van der Waals surface area contributed by atoms with Crippen LogP contribution in [0, 0.1) is 5.92 Å². The molecule has 2 aromatic carbocycles. The van der Waals surface area contributed by atoms with E-state index >= 15 is 0 Å². The lowest BCUT2D eigenvalue weighted by molar-refractivity contribution is -0.137. The van der Waals surface area contributed by atoms with Crippen molar-refractivity contribution >= 4 is 23.2 Å². The smallest absolute Gasteiger partial charge is 0.416 e. The molecule has 1 aliphatic rings. The molecule has 1 aliphatic heterocycles. The van der Waals surface area contributed by atoms with E-state index in [1.807, 2.05) is 24.3 Å². The van der Waals surface area contributed by atoms with E-state index in [1.165, 1.54) is 0 Å². The Kier molecular flexibility index (Phi) is 4.41. The highest BCUT2D eigenvalue weighted by molar-refractivity contribution is 6.33. The van der Waals surface area contributed by atoms with Crippen LogP contribution < -0.4 is 10.1 Å². The van der Waals surface area contributed by atoms with Gasteiger partial charge in [-0.25, -0.2) is 0 Å². The second-order valence-corrected chi connectivity index (χ2v) is 5.91. The summed E-state index contributed by atoms with van der Waals surface area (Å²) < 4.78 is 43.9. The van der Waals surface area contributed by atoms with Gasteiger partial charge in [0.1, 0.15) is 12.4 Å². The molecule has 0 aliphatic carbocycles. The van der Waals surface area contributed by atoms with E-state index in [0.29, 0.717) is 6.42 Å². The van der Waals surface area contributed by atoms with E-state index in [2.05, 4.69) is 5.32 Å². The number of hydrogen-bond acceptors (Lipinski definition) is 2. The van der Waals surface area contributed by atoms with Crippen LogP contribution in [0.3, 0.4) is 0 Å². The Morgan fingerprint density at radius 2 is 1.96 bits per heavy atom. The van der Waals surface area contributed by atoms with Crippen molar-refractivity contribution in [2.24, 2.45) is 5.92 Å². The lowest BCUT2D eigenvalue weighted by Gasteiger charge is -2.24. The van der Waals surface area contributed by atoms with E-state index in [0.717, 1.165) is 29.5 Å². The number of benzene rings is 2. The Morgan fingerprint density at radius 3 is 2.71 bits per heavy atom. The fourth-order valence-electron chi connectivity index (χ4n) is 2.53. The second kappa shape index (κ2) is 6.36. The Bertz CT molecular complexity index is 777. The maximum atomic E-state index is 12.8. The van der Waals surface area contributed by atoms with Crippen molar-refractivity contribution in [2.75, 3.05) is 11.9 Å². The van der Waals surface area contributed by atoms with E-state index < -0.39 is 23.6 Å². The fraction of sp³-hybridized carbons (Fsp3) is 0.235. The highest BCUT2D eigenvalue weighted by atomic mass is 35.5. The summed E-state index contributed by atoms with van der Waals surface area (Å²) >= 11 is 5.90. The Hall–Kier alpha value is -2.21. The summed E-state index contributed by atoms with van der Waals surface area (Å²) in [5.74, 6) is -0.199. The molecule has 1 N–H and O–H groups in total. The third-order valence-corrected chi connectivity index (χ3v) is 4.13. The van der Waals surface area contributed by atoms with E-state index in [4.69, 9.17) is 16.3 Å². The third-order valence-electron chi connectivity index (χ3n) is 3.80. The van der Waals surface area contributed by atoms with Gasteiger partial charge in [-0.05, 0) is 36.2 Å². The first-order valence-electron chi connectivity index (χ1n) is 7.23. The largest absolute Gasteiger partial charge is 0.492 e. The third kappa shape index (κ3) is 3.48. The summed E-state index contributed by atoms with van der Waals surface area (Å²) in [5.41, 5.74) is -0.0400. The minimum atomic E-state index is -4.50. The Balaban J connectivity index is 1.76. The maximum Gasteiger partial charge on any atom is 0.416 e. The van der Waals surface area contributed by atoms with Gasteiger partial charge in [0.25, 0.3) is 0 Å². The highest BCUT2D eigenvalue weighted by Gasteiger charge is 2.32. The van der Waals surface area contributed by atoms with Gasteiger partial charge in [0.05, 0.1) is 22.2 Å². The molecule has 0 bridgehead atoms. The van der Waals surface area contributed by atoms with Crippen molar-refractivity contribution in [1.82, 2.24) is 0 Å². The second-order valence-electron chi connectivity index (χ2n) is 5.50. The van der Waals surface area contributed by atoms with Crippen molar-refractivity contribution in [1.29, 1.82) is 0 Å². The number of para-hydroxylation sites is 1. The number of fused-ring (bicyclic) bond motifs is 1.